The molecule has 0 aromatic heterocycles. The van der Waals surface area contributed by atoms with Crippen molar-refractivity contribution >= 4 is 17.4 Å². The molecule has 2 N–H and O–H groups in total. The van der Waals surface area contributed by atoms with Gasteiger partial charge < -0.3 is 5.73 Å². The van der Waals surface area contributed by atoms with Crippen molar-refractivity contribution in [1.29, 1.82) is 0 Å². The summed E-state index contributed by atoms with van der Waals surface area (Å²) in [5.74, 6) is -0.208. The Morgan fingerprint density at radius 3 is 2.82 bits per heavy atom. The average Bonchev–Trinajstić information content (AvgIpc) is 2.70. The molecule has 1 saturated carbocycles. The molecule has 1 aliphatic carbocycles. The summed E-state index contributed by atoms with van der Waals surface area (Å²) >= 11 is 5.67. The van der Waals surface area contributed by atoms with Crippen LogP contribution in [-0.2, 0) is 11.2 Å². The van der Waals surface area contributed by atoms with E-state index in [2.05, 4.69) is 0 Å². The molecule has 2 unspecified atom stereocenters. The molecule has 0 heterocycles. The highest BCUT2D eigenvalue weighted by Gasteiger charge is 2.27. The second-order valence-corrected chi connectivity index (χ2v) is 5.07. The van der Waals surface area contributed by atoms with Crippen molar-refractivity contribution in [3.05, 3.63) is 34.6 Å². The van der Waals surface area contributed by atoms with Crippen molar-refractivity contribution < 1.29 is 9.18 Å². The molecule has 2 rings (SSSR count). The van der Waals surface area contributed by atoms with Crippen molar-refractivity contribution in [2.24, 2.45) is 11.7 Å². The first-order valence-electron chi connectivity index (χ1n) is 5.78. The van der Waals surface area contributed by atoms with Crippen molar-refractivity contribution in [3.8, 4) is 0 Å². The van der Waals surface area contributed by atoms with E-state index in [0.29, 0.717) is 6.42 Å². The number of Topliss-reactive ketones (excluding diaryl/α,β-unsaturated/α-hetero) is 1. The smallest absolute Gasteiger partial charge is 0.141 e. The molecule has 2 nitrogen and oxygen atoms in total. The van der Waals surface area contributed by atoms with Gasteiger partial charge in [0, 0.05) is 18.4 Å². The topological polar surface area (TPSA) is 43.1 Å². The molecule has 0 spiro atoms. The number of benzene rings is 1. The first-order chi connectivity index (χ1) is 8.06. The van der Waals surface area contributed by atoms with E-state index in [4.69, 9.17) is 17.3 Å². The van der Waals surface area contributed by atoms with Crippen LogP contribution in [0.3, 0.4) is 0 Å². The summed E-state index contributed by atoms with van der Waals surface area (Å²) < 4.78 is 13.0. The second-order valence-electron chi connectivity index (χ2n) is 4.66. The lowest BCUT2D eigenvalue weighted by Crippen LogP contribution is -2.19. The zero-order valence-electron chi connectivity index (χ0n) is 9.46. The van der Waals surface area contributed by atoms with Crippen LogP contribution in [0.5, 0.6) is 0 Å². The molecule has 1 aliphatic rings. The minimum Gasteiger partial charge on any atom is -0.328 e. The third kappa shape index (κ3) is 3.05. The van der Waals surface area contributed by atoms with E-state index < -0.39 is 5.82 Å². The highest BCUT2D eigenvalue weighted by atomic mass is 35.5. The maximum Gasteiger partial charge on any atom is 0.141 e. The highest BCUT2D eigenvalue weighted by Crippen LogP contribution is 2.26. The van der Waals surface area contributed by atoms with Gasteiger partial charge in [0.05, 0.1) is 5.02 Å². The Bertz CT molecular complexity index is 435. The van der Waals surface area contributed by atoms with Gasteiger partial charge in [0.2, 0.25) is 0 Å². The van der Waals surface area contributed by atoms with E-state index in [9.17, 15) is 9.18 Å². The number of halogens is 2. The number of nitrogens with two attached hydrogens (primary N) is 1. The Morgan fingerprint density at radius 2 is 2.24 bits per heavy atom. The van der Waals surface area contributed by atoms with E-state index >= 15 is 0 Å². The van der Waals surface area contributed by atoms with Gasteiger partial charge in [0.15, 0.2) is 0 Å². The van der Waals surface area contributed by atoms with Gasteiger partial charge in [-0.3, -0.25) is 4.79 Å². The maximum atomic E-state index is 13.0. The zero-order valence-corrected chi connectivity index (χ0v) is 10.2. The first-order valence-corrected chi connectivity index (χ1v) is 6.16. The SMILES string of the molecule is NC1CCC(C(=O)Cc2ccc(F)c(Cl)c2)C1. The molecule has 1 aromatic carbocycles. The number of carbonyl (C=O) groups is 1. The van der Waals surface area contributed by atoms with Gasteiger partial charge in [-0.15, -0.1) is 0 Å². The number of carbonyl (C=O) groups excluding carboxylic acids is 1. The van der Waals surface area contributed by atoms with Gasteiger partial charge in [-0.1, -0.05) is 17.7 Å². The Balaban J connectivity index is 2.00. The Morgan fingerprint density at radius 1 is 1.47 bits per heavy atom. The fourth-order valence-corrected chi connectivity index (χ4v) is 2.51. The first kappa shape index (κ1) is 12.5. The standard InChI is InChI=1S/C13H15ClFNO/c14-11-5-8(1-4-12(11)15)6-13(17)9-2-3-10(16)7-9/h1,4-5,9-10H,2-3,6-7,16H2. The molecule has 0 amide bonds. The van der Waals surface area contributed by atoms with E-state index in [1.807, 2.05) is 0 Å². The lowest BCUT2D eigenvalue weighted by Gasteiger charge is -2.08. The van der Waals surface area contributed by atoms with Gasteiger partial charge in [0.25, 0.3) is 0 Å². The molecular formula is C13H15ClFNO. The molecule has 17 heavy (non-hydrogen) atoms. The molecule has 0 bridgehead atoms. The number of rotatable bonds is 3. The van der Waals surface area contributed by atoms with Crippen LogP contribution in [0, 0.1) is 11.7 Å². The summed E-state index contributed by atoms with van der Waals surface area (Å²) in [7, 11) is 0. The van der Waals surface area contributed by atoms with Crippen LogP contribution in [-0.4, -0.2) is 11.8 Å². The number of ketones is 1. The molecule has 4 heteroatoms. The lowest BCUT2D eigenvalue weighted by atomic mass is 9.96. The molecule has 92 valence electrons. The van der Waals surface area contributed by atoms with Crippen molar-refractivity contribution in [3.63, 3.8) is 0 Å². The second kappa shape index (κ2) is 5.15. The van der Waals surface area contributed by atoms with E-state index in [1.165, 1.54) is 12.1 Å². The van der Waals surface area contributed by atoms with Crippen molar-refractivity contribution in [2.75, 3.05) is 0 Å². The minimum atomic E-state index is -0.453. The molecule has 1 aromatic rings. The van der Waals surface area contributed by atoms with Crippen LogP contribution in [0.25, 0.3) is 0 Å². The normalized spacial score (nSPS) is 23.9. The summed E-state index contributed by atoms with van der Waals surface area (Å²) in [6.45, 7) is 0. The predicted molar refractivity (Wildman–Crippen MR) is 65.4 cm³/mol. The molecule has 0 radical (unpaired) electrons. The Kier molecular flexibility index (Phi) is 3.79. The average molecular weight is 256 g/mol. The van der Waals surface area contributed by atoms with Crippen LogP contribution in [0.15, 0.2) is 18.2 Å². The van der Waals surface area contributed by atoms with Crippen molar-refractivity contribution in [2.45, 2.75) is 31.7 Å². The van der Waals surface area contributed by atoms with Crippen LogP contribution in [0.2, 0.25) is 5.02 Å². The fourth-order valence-electron chi connectivity index (χ4n) is 2.30. The van der Waals surface area contributed by atoms with Crippen LogP contribution in [0.1, 0.15) is 24.8 Å². The molecule has 2 atom stereocenters. The monoisotopic (exact) mass is 255 g/mol. The van der Waals surface area contributed by atoms with E-state index in [-0.39, 0.29) is 22.8 Å². The third-order valence-corrected chi connectivity index (χ3v) is 3.58. The highest BCUT2D eigenvalue weighted by molar-refractivity contribution is 6.30. The summed E-state index contributed by atoms with van der Waals surface area (Å²) in [5.41, 5.74) is 6.54. The third-order valence-electron chi connectivity index (χ3n) is 3.29. The van der Waals surface area contributed by atoms with Gasteiger partial charge in [0.1, 0.15) is 11.6 Å². The van der Waals surface area contributed by atoms with E-state index in [1.54, 1.807) is 6.07 Å². The Labute approximate surface area is 105 Å². The van der Waals surface area contributed by atoms with Crippen molar-refractivity contribution in [1.82, 2.24) is 0 Å². The Hall–Kier alpha value is -0.930. The number of hydrogen-bond acceptors (Lipinski definition) is 2. The lowest BCUT2D eigenvalue weighted by molar-refractivity contribution is -0.122. The predicted octanol–water partition coefficient (Wildman–Crippen LogP) is 2.72. The van der Waals surface area contributed by atoms with Gasteiger partial charge >= 0.3 is 0 Å². The maximum absolute atomic E-state index is 13.0. The summed E-state index contributed by atoms with van der Waals surface area (Å²) in [6.07, 6.45) is 2.88. The number of hydrogen-bond donors (Lipinski definition) is 1. The van der Waals surface area contributed by atoms with Crippen LogP contribution >= 0.6 is 11.6 Å². The summed E-state index contributed by atoms with van der Waals surface area (Å²) in [5, 5.41) is 0.0680. The van der Waals surface area contributed by atoms with Gasteiger partial charge in [-0.05, 0) is 37.0 Å². The van der Waals surface area contributed by atoms with Gasteiger partial charge in [-0.25, -0.2) is 4.39 Å². The fraction of sp³-hybridized carbons (Fsp3) is 0.462. The molecular weight excluding hydrogens is 241 g/mol. The summed E-state index contributed by atoms with van der Waals surface area (Å²) in [4.78, 5) is 12.0. The quantitative estimate of drug-likeness (QED) is 0.903. The van der Waals surface area contributed by atoms with Crippen LogP contribution < -0.4 is 5.73 Å². The zero-order chi connectivity index (χ0) is 12.4. The molecule has 0 saturated heterocycles. The largest absolute Gasteiger partial charge is 0.328 e. The summed E-state index contributed by atoms with van der Waals surface area (Å²) in [6, 6.07) is 4.57. The van der Waals surface area contributed by atoms with Crippen LogP contribution in [0.4, 0.5) is 4.39 Å². The molecule has 0 aliphatic heterocycles. The van der Waals surface area contributed by atoms with E-state index in [0.717, 1.165) is 24.8 Å². The molecule has 1 fully saturated rings. The minimum absolute atomic E-state index is 0.0637. The van der Waals surface area contributed by atoms with Gasteiger partial charge in [-0.2, -0.15) is 0 Å².